The predicted molar refractivity (Wildman–Crippen MR) is 131 cm³/mol. The zero-order valence-corrected chi connectivity index (χ0v) is 21.1. The van der Waals surface area contributed by atoms with E-state index in [-0.39, 0.29) is 18.6 Å². The van der Waals surface area contributed by atoms with Crippen LogP contribution in [0.3, 0.4) is 0 Å². The molecule has 0 saturated heterocycles. The number of hydrogen-bond donors (Lipinski definition) is 1. The van der Waals surface area contributed by atoms with Crippen LogP contribution in [0.5, 0.6) is 5.75 Å². The molecule has 7 heteroatoms. The normalized spacial score (nSPS) is 13.9. The van der Waals surface area contributed by atoms with E-state index >= 15 is 0 Å². The number of para-hydroxylation sites is 1. The minimum atomic E-state index is -0.691. The Hall–Kier alpha value is -1.67. The summed E-state index contributed by atoms with van der Waals surface area (Å²) in [5.74, 6) is 0.524. The molecule has 0 saturated carbocycles. The summed E-state index contributed by atoms with van der Waals surface area (Å²) >= 11 is 0. The second-order valence-electron chi connectivity index (χ2n) is 8.09. The highest BCUT2D eigenvalue weighted by Crippen LogP contribution is 2.16. The van der Waals surface area contributed by atoms with E-state index in [2.05, 4.69) is 26.1 Å². The van der Waals surface area contributed by atoms with Gasteiger partial charge in [-0.1, -0.05) is 58.2 Å². The van der Waals surface area contributed by atoms with Crippen molar-refractivity contribution in [2.75, 3.05) is 39.6 Å². The molecule has 1 amide bonds. The summed E-state index contributed by atoms with van der Waals surface area (Å²) in [6.45, 7) is 10.8. The van der Waals surface area contributed by atoms with E-state index in [4.69, 9.17) is 23.7 Å². The number of rotatable bonds is 21. The first-order valence-corrected chi connectivity index (χ1v) is 12.5. The molecule has 0 aliphatic heterocycles. The minimum absolute atomic E-state index is 0.144. The molecule has 1 unspecified atom stereocenters. The van der Waals surface area contributed by atoms with Crippen molar-refractivity contribution >= 4 is 5.91 Å². The SMILES string of the molecule is CCCCOCC(O[C@H](CNC(C)=O)Oc1ccccc1)[C@H](COCCCC)OCCCC. The van der Waals surface area contributed by atoms with Crippen LogP contribution in [-0.4, -0.2) is 64.0 Å². The van der Waals surface area contributed by atoms with Crippen LogP contribution in [0.15, 0.2) is 30.3 Å². The minimum Gasteiger partial charge on any atom is -0.463 e. The van der Waals surface area contributed by atoms with Crippen molar-refractivity contribution in [3.63, 3.8) is 0 Å². The average Bonchev–Trinajstić information content (AvgIpc) is 2.81. The van der Waals surface area contributed by atoms with Gasteiger partial charge in [-0.05, 0) is 31.4 Å². The molecule has 3 atom stereocenters. The molecule has 0 radical (unpaired) electrons. The van der Waals surface area contributed by atoms with Crippen molar-refractivity contribution in [3.05, 3.63) is 30.3 Å². The van der Waals surface area contributed by atoms with Gasteiger partial charge in [0.15, 0.2) is 0 Å². The van der Waals surface area contributed by atoms with Crippen molar-refractivity contribution in [2.24, 2.45) is 0 Å². The fraction of sp³-hybridized carbons (Fsp3) is 0.731. The van der Waals surface area contributed by atoms with Crippen molar-refractivity contribution in [3.8, 4) is 5.75 Å². The predicted octanol–water partition coefficient (Wildman–Crippen LogP) is 4.73. The molecule has 0 fully saturated rings. The van der Waals surface area contributed by atoms with E-state index < -0.39 is 12.4 Å². The molecule has 0 spiro atoms. The van der Waals surface area contributed by atoms with Crippen LogP contribution in [0, 0.1) is 0 Å². The molecule has 1 rings (SSSR count). The van der Waals surface area contributed by atoms with Crippen LogP contribution in [-0.2, 0) is 23.7 Å². The van der Waals surface area contributed by atoms with Crippen LogP contribution in [0.1, 0.15) is 66.2 Å². The Balaban J connectivity index is 2.93. The maximum Gasteiger partial charge on any atom is 0.217 e. The van der Waals surface area contributed by atoms with Gasteiger partial charge in [0, 0.05) is 26.7 Å². The molecular weight excluding hydrogens is 422 g/mol. The van der Waals surface area contributed by atoms with Gasteiger partial charge < -0.3 is 29.0 Å². The number of carbonyl (C=O) groups is 1. The van der Waals surface area contributed by atoms with E-state index in [0.717, 1.165) is 38.5 Å². The summed E-state index contributed by atoms with van der Waals surface area (Å²) < 4.78 is 30.4. The van der Waals surface area contributed by atoms with E-state index in [0.29, 0.717) is 38.8 Å². The lowest BCUT2D eigenvalue weighted by atomic mass is 10.2. The number of benzene rings is 1. The van der Waals surface area contributed by atoms with Gasteiger partial charge in [0.25, 0.3) is 0 Å². The first-order chi connectivity index (χ1) is 16.1. The molecule has 0 aliphatic rings. The van der Waals surface area contributed by atoms with Gasteiger partial charge >= 0.3 is 0 Å². The Morgan fingerprint density at radius 1 is 0.848 bits per heavy atom. The molecule has 0 aromatic heterocycles. The van der Waals surface area contributed by atoms with Gasteiger partial charge in [-0.15, -0.1) is 0 Å². The van der Waals surface area contributed by atoms with Crippen LogP contribution >= 0.6 is 0 Å². The molecule has 0 bridgehead atoms. The second-order valence-corrected chi connectivity index (χ2v) is 8.09. The van der Waals surface area contributed by atoms with Gasteiger partial charge in [-0.25, -0.2) is 0 Å². The van der Waals surface area contributed by atoms with Gasteiger partial charge in [0.1, 0.15) is 18.0 Å². The maximum absolute atomic E-state index is 11.5. The van der Waals surface area contributed by atoms with Crippen LogP contribution in [0.2, 0.25) is 0 Å². The first kappa shape index (κ1) is 29.4. The van der Waals surface area contributed by atoms with E-state index in [1.165, 1.54) is 6.92 Å². The summed E-state index contributed by atoms with van der Waals surface area (Å²) in [7, 11) is 0. The van der Waals surface area contributed by atoms with E-state index in [1.54, 1.807) is 0 Å². The quantitative estimate of drug-likeness (QED) is 0.208. The third kappa shape index (κ3) is 15.0. The summed E-state index contributed by atoms with van der Waals surface area (Å²) in [5.41, 5.74) is 0. The Kier molecular flexibility index (Phi) is 17.6. The zero-order chi connectivity index (χ0) is 24.2. The summed E-state index contributed by atoms with van der Waals surface area (Å²) in [4.78, 5) is 11.5. The fourth-order valence-electron chi connectivity index (χ4n) is 2.96. The highest BCUT2D eigenvalue weighted by atomic mass is 16.7. The Morgan fingerprint density at radius 3 is 2.00 bits per heavy atom. The molecular formula is C26H45NO6. The van der Waals surface area contributed by atoms with E-state index in [9.17, 15) is 4.79 Å². The lowest BCUT2D eigenvalue weighted by molar-refractivity contribution is -0.188. The van der Waals surface area contributed by atoms with Gasteiger partial charge in [0.2, 0.25) is 12.2 Å². The lowest BCUT2D eigenvalue weighted by Crippen LogP contribution is -2.46. The first-order valence-electron chi connectivity index (χ1n) is 12.5. The molecule has 7 nitrogen and oxygen atoms in total. The molecule has 190 valence electrons. The van der Waals surface area contributed by atoms with Gasteiger partial charge in [-0.2, -0.15) is 0 Å². The summed E-state index contributed by atoms with van der Waals surface area (Å²) in [6.07, 6.45) is 4.74. The summed E-state index contributed by atoms with van der Waals surface area (Å²) in [5, 5.41) is 2.80. The summed E-state index contributed by atoms with van der Waals surface area (Å²) in [6, 6.07) is 9.44. The molecule has 1 N–H and O–H groups in total. The van der Waals surface area contributed by atoms with Crippen LogP contribution in [0.4, 0.5) is 0 Å². The smallest absolute Gasteiger partial charge is 0.217 e. The van der Waals surface area contributed by atoms with Crippen molar-refractivity contribution in [2.45, 2.75) is 84.7 Å². The number of carbonyl (C=O) groups excluding carboxylic acids is 1. The topological polar surface area (TPSA) is 75.3 Å². The highest BCUT2D eigenvalue weighted by molar-refractivity contribution is 5.72. The third-order valence-electron chi connectivity index (χ3n) is 4.95. The monoisotopic (exact) mass is 467 g/mol. The second kappa shape index (κ2) is 19.8. The van der Waals surface area contributed by atoms with Gasteiger partial charge in [-0.3, -0.25) is 4.79 Å². The third-order valence-corrected chi connectivity index (χ3v) is 4.95. The molecule has 1 aromatic rings. The van der Waals surface area contributed by atoms with Crippen molar-refractivity contribution < 1.29 is 28.5 Å². The van der Waals surface area contributed by atoms with Crippen molar-refractivity contribution in [1.82, 2.24) is 5.32 Å². The Morgan fingerprint density at radius 2 is 1.42 bits per heavy atom. The standard InChI is InChI=1S/C26H45NO6/c1-5-8-16-29-20-24(31-18-10-7-3)25(21-30-17-9-6-2)33-26(19-27-22(4)28)32-23-14-12-11-13-15-23/h11-15,24-26H,5-10,16-21H2,1-4H3,(H,27,28)/t24-,25?,26+/m0/s1. The molecule has 0 aliphatic carbocycles. The molecule has 33 heavy (non-hydrogen) atoms. The van der Waals surface area contributed by atoms with Crippen LogP contribution < -0.4 is 10.1 Å². The number of nitrogens with one attached hydrogen (secondary N) is 1. The maximum atomic E-state index is 11.5. The highest BCUT2D eigenvalue weighted by Gasteiger charge is 2.28. The Bertz CT molecular complexity index is 585. The lowest BCUT2D eigenvalue weighted by Gasteiger charge is -2.31. The number of amides is 1. The number of ether oxygens (including phenoxy) is 5. The molecule has 1 aromatic carbocycles. The Labute approximate surface area is 200 Å². The number of hydrogen-bond acceptors (Lipinski definition) is 6. The largest absolute Gasteiger partial charge is 0.463 e. The zero-order valence-electron chi connectivity index (χ0n) is 21.1. The average molecular weight is 468 g/mol. The number of unbranched alkanes of at least 4 members (excludes halogenated alkanes) is 3. The van der Waals surface area contributed by atoms with Gasteiger partial charge in [0.05, 0.1) is 19.8 Å². The molecule has 0 heterocycles. The van der Waals surface area contributed by atoms with Crippen molar-refractivity contribution in [1.29, 1.82) is 0 Å². The van der Waals surface area contributed by atoms with Crippen LogP contribution in [0.25, 0.3) is 0 Å². The van der Waals surface area contributed by atoms with E-state index in [1.807, 2.05) is 30.3 Å². The fourth-order valence-corrected chi connectivity index (χ4v) is 2.96.